The van der Waals surface area contributed by atoms with E-state index >= 15 is 0 Å². The van der Waals surface area contributed by atoms with Gasteiger partial charge in [0.1, 0.15) is 5.82 Å². The van der Waals surface area contributed by atoms with Gasteiger partial charge in [0.2, 0.25) is 0 Å². The predicted molar refractivity (Wildman–Crippen MR) is 63.2 cm³/mol. The maximum Gasteiger partial charge on any atom is 0.191 e. The van der Waals surface area contributed by atoms with Crippen molar-refractivity contribution in [3.05, 3.63) is 39.6 Å². The first-order valence-electron chi connectivity index (χ1n) is 4.40. The third-order valence-electron chi connectivity index (χ3n) is 2.31. The highest BCUT2D eigenvalue weighted by atomic mass is 79.9. The zero-order valence-corrected chi connectivity index (χ0v) is 10.4. The van der Waals surface area contributed by atoms with Crippen molar-refractivity contribution in [2.24, 2.45) is 0 Å². The average molecular weight is 287 g/mol. The fourth-order valence-electron chi connectivity index (χ4n) is 1.44. The molecular formula is C11H8BrFOS. The monoisotopic (exact) mass is 286 g/mol. The van der Waals surface area contributed by atoms with Crippen LogP contribution in [-0.2, 0) is 0 Å². The van der Waals surface area contributed by atoms with Gasteiger partial charge in [0.15, 0.2) is 5.78 Å². The maximum atomic E-state index is 13.3. The molecule has 0 aromatic heterocycles. The number of aryl methyl sites for hydroxylation is 1. The third-order valence-corrected chi connectivity index (χ3v) is 3.97. The summed E-state index contributed by atoms with van der Waals surface area (Å²) in [7, 11) is 0. The molecule has 1 aromatic carbocycles. The summed E-state index contributed by atoms with van der Waals surface area (Å²) < 4.78 is 13.3. The number of fused-ring (bicyclic) bond motifs is 1. The van der Waals surface area contributed by atoms with Crippen molar-refractivity contribution in [2.75, 3.05) is 5.75 Å². The molecule has 0 bridgehead atoms. The van der Waals surface area contributed by atoms with Crippen molar-refractivity contribution >= 4 is 33.5 Å². The molecule has 0 fully saturated rings. The second-order valence-corrected chi connectivity index (χ2v) is 4.82. The Hall–Kier alpha value is -0.610. The van der Waals surface area contributed by atoms with E-state index in [9.17, 15) is 9.18 Å². The summed E-state index contributed by atoms with van der Waals surface area (Å²) in [5.41, 5.74) is 1.84. The number of carbonyl (C=O) groups is 1. The van der Waals surface area contributed by atoms with Crippen LogP contribution in [0.25, 0.3) is 0 Å². The molecule has 0 radical (unpaired) electrons. The lowest BCUT2D eigenvalue weighted by molar-refractivity contribution is 0.103. The van der Waals surface area contributed by atoms with E-state index in [1.165, 1.54) is 17.8 Å². The van der Waals surface area contributed by atoms with E-state index in [1.807, 2.05) is 0 Å². The number of hydrogen-bond donors (Lipinski definition) is 0. The van der Waals surface area contributed by atoms with Crippen LogP contribution in [0, 0.1) is 12.7 Å². The molecule has 1 aromatic rings. The normalized spacial score (nSPS) is 18.1. The molecular weight excluding hydrogens is 279 g/mol. The molecule has 4 heteroatoms. The van der Waals surface area contributed by atoms with E-state index in [2.05, 4.69) is 15.9 Å². The van der Waals surface area contributed by atoms with Crippen LogP contribution in [0.3, 0.4) is 0 Å². The number of carbonyl (C=O) groups excluding carboxylic acids is 1. The van der Waals surface area contributed by atoms with Gasteiger partial charge in [-0.2, -0.15) is 0 Å². The minimum atomic E-state index is -0.250. The maximum absolute atomic E-state index is 13.3. The van der Waals surface area contributed by atoms with Gasteiger partial charge >= 0.3 is 0 Å². The summed E-state index contributed by atoms with van der Waals surface area (Å²) in [5.74, 6) is 0.337. The molecule has 0 saturated carbocycles. The lowest BCUT2D eigenvalue weighted by Crippen LogP contribution is -2.12. The molecule has 0 aliphatic carbocycles. The summed E-state index contributed by atoms with van der Waals surface area (Å²) >= 11 is 4.65. The first kappa shape index (κ1) is 10.9. The molecule has 0 unspecified atom stereocenters. The van der Waals surface area contributed by atoms with Crippen molar-refractivity contribution in [1.29, 1.82) is 0 Å². The first-order chi connectivity index (χ1) is 7.13. The molecule has 1 aliphatic heterocycles. The van der Waals surface area contributed by atoms with Gasteiger partial charge in [-0.05, 0) is 29.6 Å². The zero-order chi connectivity index (χ0) is 11.0. The topological polar surface area (TPSA) is 17.1 Å². The van der Waals surface area contributed by atoms with Crippen LogP contribution in [0.4, 0.5) is 4.39 Å². The average Bonchev–Trinajstić information content (AvgIpc) is 2.22. The van der Waals surface area contributed by atoms with Crippen LogP contribution in [0.5, 0.6) is 0 Å². The van der Waals surface area contributed by atoms with Gasteiger partial charge in [-0.1, -0.05) is 15.9 Å². The van der Waals surface area contributed by atoms with Crippen molar-refractivity contribution in [2.45, 2.75) is 11.8 Å². The molecule has 0 atom stereocenters. The summed E-state index contributed by atoms with van der Waals surface area (Å²) in [6, 6.07) is 3.06. The van der Waals surface area contributed by atoms with Crippen LogP contribution in [0.15, 0.2) is 27.6 Å². The van der Waals surface area contributed by atoms with E-state index in [1.54, 1.807) is 18.0 Å². The highest BCUT2D eigenvalue weighted by molar-refractivity contribution is 9.11. The lowest BCUT2D eigenvalue weighted by atomic mass is 10.0. The number of thioether (sulfide) groups is 1. The Balaban J connectivity index is 2.57. The number of benzene rings is 1. The number of Topliss-reactive ketones (excluding diaryl/α,β-unsaturated/α-hetero) is 1. The summed E-state index contributed by atoms with van der Waals surface area (Å²) in [6.07, 6.45) is 0. The molecule has 2 rings (SSSR count). The van der Waals surface area contributed by atoms with Gasteiger partial charge < -0.3 is 0 Å². The fourth-order valence-corrected chi connectivity index (χ4v) is 3.04. The smallest absolute Gasteiger partial charge is 0.191 e. The second-order valence-electron chi connectivity index (χ2n) is 3.35. The van der Waals surface area contributed by atoms with Gasteiger partial charge in [0.25, 0.3) is 0 Å². The summed E-state index contributed by atoms with van der Waals surface area (Å²) in [5, 5.41) is 0. The highest BCUT2D eigenvalue weighted by Gasteiger charge is 2.23. The standard InChI is InChI=1S/C11H8BrFOS/c1-6-2-8-10(3-9(6)13)15-5-7(4-12)11(8)14/h2-4H,5H2,1H3/b7-4+. The second kappa shape index (κ2) is 4.10. The Morgan fingerprint density at radius 1 is 1.53 bits per heavy atom. The van der Waals surface area contributed by atoms with Crippen LogP contribution in [0.2, 0.25) is 0 Å². The minimum Gasteiger partial charge on any atom is -0.289 e. The Kier molecular flexibility index (Phi) is 2.98. The Morgan fingerprint density at radius 2 is 2.27 bits per heavy atom. The van der Waals surface area contributed by atoms with Crippen molar-refractivity contribution in [3.63, 3.8) is 0 Å². The number of halogens is 2. The third kappa shape index (κ3) is 1.88. The largest absolute Gasteiger partial charge is 0.289 e. The molecule has 0 saturated heterocycles. The number of rotatable bonds is 0. The summed E-state index contributed by atoms with van der Waals surface area (Å²) in [6.45, 7) is 1.67. The van der Waals surface area contributed by atoms with Gasteiger partial charge in [-0.15, -0.1) is 11.8 Å². The molecule has 0 spiro atoms. The fraction of sp³-hybridized carbons (Fsp3) is 0.182. The molecule has 15 heavy (non-hydrogen) atoms. The van der Waals surface area contributed by atoms with Crippen molar-refractivity contribution in [1.82, 2.24) is 0 Å². The predicted octanol–water partition coefficient (Wildman–Crippen LogP) is 3.70. The molecule has 0 N–H and O–H groups in total. The van der Waals surface area contributed by atoms with Crippen LogP contribution in [-0.4, -0.2) is 11.5 Å². The summed E-state index contributed by atoms with van der Waals surface area (Å²) in [4.78, 5) is 14.3. The Labute approximate surface area is 99.9 Å². The van der Waals surface area contributed by atoms with Gasteiger partial charge in [-0.3, -0.25) is 4.79 Å². The quantitative estimate of drug-likeness (QED) is 0.677. The van der Waals surface area contributed by atoms with Gasteiger partial charge in [0.05, 0.1) is 0 Å². The highest BCUT2D eigenvalue weighted by Crippen LogP contribution is 2.34. The lowest BCUT2D eigenvalue weighted by Gasteiger charge is -2.17. The van der Waals surface area contributed by atoms with E-state index in [-0.39, 0.29) is 11.6 Å². The van der Waals surface area contributed by atoms with E-state index in [0.717, 1.165) is 10.5 Å². The molecule has 1 nitrogen and oxygen atoms in total. The van der Waals surface area contributed by atoms with Crippen LogP contribution in [0.1, 0.15) is 15.9 Å². The first-order valence-corrected chi connectivity index (χ1v) is 6.30. The Bertz CT molecular complexity index is 468. The molecule has 78 valence electrons. The van der Waals surface area contributed by atoms with E-state index in [4.69, 9.17) is 0 Å². The van der Waals surface area contributed by atoms with Crippen LogP contribution < -0.4 is 0 Å². The minimum absolute atomic E-state index is 0.0104. The molecule has 1 heterocycles. The van der Waals surface area contributed by atoms with Gasteiger partial charge in [-0.25, -0.2) is 4.39 Å². The SMILES string of the molecule is Cc1cc2c(cc1F)SC/C(=C\Br)C2=O. The zero-order valence-electron chi connectivity index (χ0n) is 8.01. The van der Waals surface area contributed by atoms with Crippen molar-refractivity contribution in [3.8, 4) is 0 Å². The van der Waals surface area contributed by atoms with E-state index in [0.29, 0.717) is 16.9 Å². The molecule has 0 amide bonds. The van der Waals surface area contributed by atoms with E-state index < -0.39 is 0 Å². The van der Waals surface area contributed by atoms with Crippen molar-refractivity contribution < 1.29 is 9.18 Å². The molecule has 1 aliphatic rings. The van der Waals surface area contributed by atoms with Crippen LogP contribution >= 0.6 is 27.7 Å². The Morgan fingerprint density at radius 3 is 2.93 bits per heavy atom. The number of ketones is 1. The number of hydrogen-bond acceptors (Lipinski definition) is 2. The van der Waals surface area contributed by atoms with Gasteiger partial charge in [0, 0.05) is 21.8 Å².